The summed E-state index contributed by atoms with van der Waals surface area (Å²) in [6.07, 6.45) is 3.12. The highest BCUT2D eigenvalue weighted by atomic mass is 32.1. The molecule has 0 heterocycles. The van der Waals surface area contributed by atoms with E-state index in [1.54, 1.807) is 0 Å². The predicted octanol–water partition coefficient (Wildman–Crippen LogP) is 1.62. The summed E-state index contributed by atoms with van der Waals surface area (Å²) in [7, 11) is 1.49. The van der Waals surface area contributed by atoms with Gasteiger partial charge in [-0.25, -0.2) is 11.4 Å². The molecule has 0 radical (unpaired) electrons. The Morgan fingerprint density at radius 2 is 2.15 bits per heavy atom. The second-order valence-corrected chi connectivity index (χ2v) is 5.55. The summed E-state index contributed by atoms with van der Waals surface area (Å²) in [6, 6.07) is 0. The van der Waals surface area contributed by atoms with Gasteiger partial charge >= 0.3 is 5.97 Å². The minimum Gasteiger partial charge on any atom is -0.469 e. The molecule has 3 fully saturated rings. The third kappa shape index (κ3) is 1.17. The summed E-state index contributed by atoms with van der Waals surface area (Å²) in [4.78, 5) is 11.3. The molecule has 0 aliphatic heterocycles. The summed E-state index contributed by atoms with van der Waals surface area (Å²) in [6.45, 7) is 2.18. The van der Waals surface area contributed by atoms with Crippen molar-refractivity contribution in [2.75, 3.05) is 12.9 Å². The third-order valence-electron chi connectivity index (χ3n) is 3.24. The zero-order valence-electron chi connectivity index (χ0n) is 8.17. The Hall–Kier alpha value is -0.310. The first-order valence-electron chi connectivity index (χ1n) is 4.76. The van der Waals surface area contributed by atoms with Crippen LogP contribution in [0.4, 0.5) is 0 Å². The summed E-state index contributed by atoms with van der Waals surface area (Å²) in [5, 5.41) is 2.39. The van der Waals surface area contributed by atoms with Crippen molar-refractivity contribution in [2.45, 2.75) is 26.2 Å². The van der Waals surface area contributed by atoms with Crippen LogP contribution in [0.2, 0.25) is 0 Å². The Morgan fingerprint density at radius 1 is 1.54 bits per heavy atom. The van der Waals surface area contributed by atoms with E-state index in [9.17, 15) is 4.79 Å². The van der Waals surface area contributed by atoms with Gasteiger partial charge in [-0.05, 0) is 30.4 Å². The summed E-state index contributed by atoms with van der Waals surface area (Å²) in [5.74, 6) is 1.20. The molecule has 0 N–H and O–H groups in total. The third-order valence-corrected chi connectivity index (χ3v) is 4.33. The predicted molar refractivity (Wildman–Crippen MR) is 56.3 cm³/mol. The van der Waals surface area contributed by atoms with Crippen LogP contribution in [-0.2, 0) is 9.53 Å². The van der Waals surface area contributed by atoms with Gasteiger partial charge in [-0.3, -0.25) is 4.79 Å². The topological polar surface area (TPSA) is 26.3 Å². The highest BCUT2D eigenvalue weighted by molar-refractivity contribution is 7.97. The van der Waals surface area contributed by atoms with Crippen molar-refractivity contribution in [3.63, 3.8) is 0 Å². The van der Waals surface area contributed by atoms with Crippen molar-refractivity contribution in [1.29, 1.82) is 0 Å². The molecule has 2 bridgehead atoms. The van der Waals surface area contributed by atoms with Gasteiger partial charge in [0.25, 0.3) is 0 Å². The van der Waals surface area contributed by atoms with E-state index in [4.69, 9.17) is 4.74 Å². The molecule has 0 amide bonds. The number of esters is 1. The second-order valence-electron chi connectivity index (χ2n) is 4.29. The zero-order chi connectivity index (χ0) is 9.53. The van der Waals surface area contributed by atoms with Gasteiger partial charge in [0.15, 0.2) is 0 Å². The molecule has 3 aliphatic rings. The van der Waals surface area contributed by atoms with Crippen molar-refractivity contribution in [3.05, 3.63) is 0 Å². The van der Waals surface area contributed by atoms with Gasteiger partial charge in [0.1, 0.15) is 0 Å². The highest BCUT2D eigenvalue weighted by Gasteiger charge is 2.71. The van der Waals surface area contributed by atoms with Gasteiger partial charge in [-0.2, -0.15) is 0 Å². The molecule has 3 aliphatic carbocycles. The first-order valence-corrected chi connectivity index (χ1v) is 5.91. The highest BCUT2D eigenvalue weighted by Crippen LogP contribution is 2.72. The van der Waals surface area contributed by atoms with Crippen LogP contribution in [0, 0.1) is 10.8 Å². The van der Waals surface area contributed by atoms with E-state index in [0.717, 1.165) is 19.3 Å². The van der Waals surface area contributed by atoms with Crippen molar-refractivity contribution in [3.8, 4) is 0 Å². The lowest BCUT2D eigenvalue weighted by molar-refractivity contribution is -0.200. The van der Waals surface area contributed by atoms with Gasteiger partial charge in [0.05, 0.1) is 12.5 Å². The number of carbonyl (C=O) groups excluding carboxylic acids is 1. The SMILES string of the molecule is CC[SH]=CC12CC(C(=O)OC)(C1)C2. The van der Waals surface area contributed by atoms with Crippen LogP contribution in [-0.4, -0.2) is 24.2 Å². The fourth-order valence-electron chi connectivity index (χ4n) is 2.72. The lowest BCUT2D eigenvalue weighted by Gasteiger charge is -2.67. The molecule has 74 valence electrons. The minimum absolute atomic E-state index is 0.0101. The largest absolute Gasteiger partial charge is 0.469 e. The summed E-state index contributed by atoms with van der Waals surface area (Å²) < 4.78 is 4.79. The van der Waals surface area contributed by atoms with Gasteiger partial charge < -0.3 is 4.74 Å². The van der Waals surface area contributed by atoms with E-state index >= 15 is 0 Å². The Bertz CT molecular complexity index is 250. The normalized spacial score (nSPS) is 41.7. The Balaban J connectivity index is 1.93. The molecule has 3 saturated carbocycles. The first kappa shape index (κ1) is 9.25. The van der Waals surface area contributed by atoms with Crippen molar-refractivity contribution < 1.29 is 9.53 Å². The molecule has 3 rings (SSSR count). The molecule has 0 saturated heterocycles. The van der Waals surface area contributed by atoms with Crippen LogP contribution in [0.3, 0.4) is 0 Å². The number of thiol groups is 1. The number of hydrogen-bond acceptors (Lipinski definition) is 2. The monoisotopic (exact) mass is 200 g/mol. The van der Waals surface area contributed by atoms with E-state index in [1.165, 1.54) is 24.2 Å². The standard InChI is InChI=1S/C10H16O2S/c1-3-13-7-9-4-10(5-9,6-9)8(11)12-2/h7,13H,3-6H2,1-2H3. The molecular formula is C10H16O2S. The van der Waals surface area contributed by atoms with Crippen LogP contribution < -0.4 is 0 Å². The quantitative estimate of drug-likeness (QED) is 0.425. The smallest absolute Gasteiger partial charge is 0.311 e. The van der Waals surface area contributed by atoms with Crippen LogP contribution >= 0.6 is 11.4 Å². The lowest BCUT2D eigenvalue weighted by Crippen LogP contribution is -2.66. The first-order chi connectivity index (χ1) is 6.16. The van der Waals surface area contributed by atoms with E-state index in [0.29, 0.717) is 5.41 Å². The maximum Gasteiger partial charge on any atom is 0.311 e. The van der Waals surface area contributed by atoms with E-state index < -0.39 is 0 Å². The number of hydrogen-bond donors (Lipinski definition) is 1. The van der Waals surface area contributed by atoms with Crippen molar-refractivity contribution >= 4 is 22.7 Å². The molecule has 2 nitrogen and oxygen atoms in total. The number of rotatable bonds is 3. The van der Waals surface area contributed by atoms with Crippen LogP contribution in [0.1, 0.15) is 26.2 Å². The van der Waals surface area contributed by atoms with Crippen molar-refractivity contribution in [1.82, 2.24) is 0 Å². The Morgan fingerprint density at radius 3 is 2.62 bits per heavy atom. The number of ether oxygens (including phenoxy) is 1. The zero-order valence-corrected chi connectivity index (χ0v) is 9.06. The lowest BCUT2D eigenvalue weighted by atomic mass is 9.36. The van der Waals surface area contributed by atoms with Gasteiger partial charge in [-0.15, -0.1) is 0 Å². The average Bonchev–Trinajstić information content (AvgIpc) is 1.99. The molecule has 0 aromatic heterocycles. The molecule has 0 unspecified atom stereocenters. The fourth-order valence-corrected chi connectivity index (χ4v) is 3.57. The van der Waals surface area contributed by atoms with Gasteiger partial charge in [0, 0.05) is 0 Å². The van der Waals surface area contributed by atoms with E-state index in [1.807, 2.05) is 0 Å². The summed E-state index contributed by atoms with van der Waals surface area (Å²) in [5.41, 5.74) is 0.361. The fraction of sp³-hybridized carbons (Fsp3) is 0.800. The van der Waals surface area contributed by atoms with Crippen molar-refractivity contribution in [2.24, 2.45) is 10.8 Å². The van der Waals surface area contributed by atoms with Gasteiger partial charge in [0.2, 0.25) is 0 Å². The van der Waals surface area contributed by atoms with E-state index in [-0.39, 0.29) is 11.4 Å². The molecule has 13 heavy (non-hydrogen) atoms. The summed E-state index contributed by atoms with van der Waals surface area (Å²) >= 11 is 1.42. The Kier molecular flexibility index (Phi) is 2.02. The molecule has 0 aromatic rings. The van der Waals surface area contributed by atoms with Crippen LogP contribution in [0.25, 0.3) is 0 Å². The number of methoxy groups -OCH3 is 1. The maximum atomic E-state index is 11.3. The minimum atomic E-state index is -0.0610. The molecule has 0 atom stereocenters. The average molecular weight is 200 g/mol. The molecule has 0 spiro atoms. The number of carbonyl (C=O) groups is 1. The van der Waals surface area contributed by atoms with Crippen LogP contribution in [0.15, 0.2) is 0 Å². The molecular weight excluding hydrogens is 184 g/mol. The second kappa shape index (κ2) is 2.84. The van der Waals surface area contributed by atoms with Crippen LogP contribution in [0.5, 0.6) is 0 Å². The van der Waals surface area contributed by atoms with E-state index in [2.05, 4.69) is 12.3 Å². The van der Waals surface area contributed by atoms with Gasteiger partial charge in [-0.1, -0.05) is 12.3 Å². The maximum absolute atomic E-state index is 11.3. The molecule has 3 heteroatoms. The Labute approximate surface area is 82.6 Å². The molecule has 0 aromatic carbocycles.